The summed E-state index contributed by atoms with van der Waals surface area (Å²) in [7, 11) is 0. The minimum Gasteiger partial charge on any atom is -0.135 e. The van der Waals surface area contributed by atoms with Crippen LogP contribution in [0.2, 0.25) is 0 Å². The van der Waals surface area contributed by atoms with Crippen molar-refractivity contribution in [2.45, 2.75) is 0 Å². The van der Waals surface area contributed by atoms with E-state index in [1.54, 1.807) is 0 Å². The lowest BCUT2D eigenvalue weighted by atomic mass is 9.89. The van der Waals surface area contributed by atoms with Crippen molar-refractivity contribution in [1.29, 1.82) is 0 Å². The van der Waals surface area contributed by atoms with E-state index in [0.717, 1.165) is 0 Å². The Morgan fingerprint density at radius 1 is 0.302 bits per heavy atom. The van der Waals surface area contributed by atoms with Crippen molar-refractivity contribution in [3.63, 3.8) is 0 Å². The molecule has 0 radical (unpaired) electrons. The Morgan fingerprint density at radius 2 is 0.884 bits per heavy atom. The molecule has 0 fully saturated rings. The van der Waals surface area contributed by atoms with Crippen LogP contribution in [0.5, 0.6) is 0 Å². The summed E-state index contributed by atoms with van der Waals surface area (Å²) in [6.07, 6.45) is 0. The molecule has 0 unspecified atom stereocenters. The van der Waals surface area contributed by atoms with E-state index in [0.29, 0.717) is 0 Å². The minimum atomic E-state index is 1.24. The van der Waals surface area contributed by atoms with Gasteiger partial charge in [-0.3, -0.25) is 0 Å². The molecule has 0 aliphatic rings. The van der Waals surface area contributed by atoms with E-state index in [9.17, 15) is 0 Å². The number of benzene rings is 8. The van der Waals surface area contributed by atoms with Gasteiger partial charge in [0.25, 0.3) is 0 Å². The molecule has 8 aromatic carbocycles. The second-order valence-corrected chi connectivity index (χ2v) is 12.4. The fraction of sp³-hybridized carbons (Fsp3) is 0. The third-order valence-corrected chi connectivity index (χ3v) is 9.97. The summed E-state index contributed by atoms with van der Waals surface area (Å²) in [5.41, 5.74) is 7.57. The molecule has 0 spiro atoms. The van der Waals surface area contributed by atoms with Crippen LogP contribution in [0.15, 0.2) is 158 Å². The predicted octanol–water partition coefficient (Wildman–Crippen LogP) is 12.5. The van der Waals surface area contributed by atoms with E-state index in [4.69, 9.17) is 0 Å². The smallest absolute Gasteiger partial charge is 0.0361 e. The lowest BCUT2D eigenvalue weighted by Gasteiger charge is -2.14. The molecule has 0 amide bonds. The third kappa shape index (κ3) is 3.97. The van der Waals surface area contributed by atoms with Crippen molar-refractivity contribution in [3.05, 3.63) is 158 Å². The second-order valence-electron chi connectivity index (χ2n) is 11.3. The van der Waals surface area contributed by atoms with E-state index in [-0.39, 0.29) is 0 Å². The zero-order valence-corrected chi connectivity index (χ0v) is 24.2. The average molecular weight is 563 g/mol. The first-order chi connectivity index (χ1) is 21.3. The van der Waals surface area contributed by atoms with Crippen molar-refractivity contribution in [2.24, 2.45) is 0 Å². The Hall–Kier alpha value is -5.24. The molecular formula is C42H26S. The van der Waals surface area contributed by atoms with Crippen LogP contribution in [0.3, 0.4) is 0 Å². The van der Waals surface area contributed by atoms with Crippen molar-refractivity contribution < 1.29 is 0 Å². The van der Waals surface area contributed by atoms with Crippen molar-refractivity contribution in [3.8, 4) is 33.4 Å². The molecule has 0 saturated carbocycles. The Balaban J connectivity index is 1.20. The van der Waals surface area contributed by atoms with Gasteiger partial charge in [0.15, 0.2) is 0 Å². The van der Waals surface area contributed by atoms with Gasteiger partial charge in [0, 0.05) is 20.2 Å². The Morgan fingerprint density at radius 3 is 1.60 bits per heavy atom. The largest absolute Gasteiger partial charge is 0.135 e. The maximum atomic E-state index is 2.36. The lowest BCUT2D eigenvalue weighted by Crippen LogP contribution is -1.88. The molecule has 0 saturated heterocycles. The van der Waals surface area contributed by atoms with E-state index in [2.05, 4.69) is 158 Å². The highest BCUT2D eigenvalue weighted by molar-refractivity contribution is 7.25. The van der Waals surface area contributed by atoms with Crippen LogP contribution in [0.25, 0.3) is 85.9 Å². The molecule has 0 aliphatic heterocycles. The summed E-state index contributed by atoms with van der Waals surface area (Å²) in [5.74, 6) is 0. The predicted molar refractivity (Wildman–Crippen MR) is 188 cm³/mol. The van der Waals surface area contributed by atoms with Crippen LogP contribution in [0, 0.1) is 0 Å². The molecule has 9 aromatic rings. The molecule has 1 heterocycles. The normalized spacial score (nSPS) is 11.7. The topological polar surface area (TPSA) is 0 Å². The second kappa shape index (κ2) is 9.66. The molecule has 0 nitrogen and oxygen atoms in total. The van der Waals surface area contributed by atoms with Crippen LogP contribution in [0.1, 0.15) is 0 Å². The fourth-order valence-corrected chi connectivity index (χ4v) is 7.89. The van der Waals surface area contributed by atoms with Gasteiger partial charge in [-0.25, -0.2) is 0 Å². The van der Waals surface area contributed by atoms with Gasteiger partial charge in [0.05, 0.1) is 0 Å². The van der Waals surface area contributed by atoms with Crippen molar-refractivity contribution >= 4 is 63.8 Å². The number of hydrogen-bond donors (Lipinski definition) is 0. The molecule has 0 aliphatic carbocycles. The van der Waals surface area contributed by atoms with Crippen LogP contribution in [0.4, 0.5) is 0 Å². The number of thiophene rings is 1. The molecule has 200 valence electrons. The van der Waals surface area contributed by atoms with Gasteiger partial charge >= 0.3 is 0 Å². The maximum Gasteiger partial charge on any atom is 0.0361 e. The van der Waals surface area contributed by atoms with E-state index >= 15 is 0 Å². The van der Waals surface area contributed by atoms with Gasteiger partial charge in [0.1, 0.15) is 0 Å². The molecule has 1 heteroatoms. The number of rotatable bonds is 3. The summed E-state index contributed by atoms with van der Waals surface area (Å²) in [6, 6.07) is 58.0. The third-order valence-electron chi connectivity index (χ3n) is 8.83. The molecule has 0 bridgehead atoms. The number of hydrogen-bond acceptors (Lipinski definition) is 1. The van der Waals surface area contributed by atoms with Crippen molar-refractivity contribution in [2.75, 3.05) is 0 Å². The highest BCUT2D eigenvalue weighted by Gasteiger charge is 2.13. The van der Waals surface area contributed by atoms with Crippen LogP contribution >= 0.6 is 11.3 Å². The van der Waals surface area contributed by atoms with Gasteiger partial charge in [-0.15, -0.1) is 11.3 Å². The summed E-state index contributed by atoms with van der Waals surface area (Å²) in [5, 5.41) is 10.3. The highest BCUT2D eigenvalue weighted by atomic mass is 32.1. The minimum absolute atomic E-state index is 1.24. The first-order valence-electron chi connectivity index (χ1n) is 14.8. The highest BCUT2D eigenvalue weighted by Crippen LogP contribution is 2.42. The maximum absolute atomic E-state index is 2.36. The Kier molecular flexibility index (Phi) is 5.47. The fourth-order valence-electron chi connectivity index (χ4n) is 6.76. The van der Waals surface area contributed by atoms with Crippen LogP contribution in [-0.4, -0.2) is 0 Å². The average Bonchev–Trinajstić information content (AvgIpc) is 3.46. The molecule has 1 aromatic heterocycles. The van der Waals surface area contributed by atoms with Gasteiger partial charge in [0.2, 0.25) is 0 Å². The first kappa shape index (κ1) is 24.4. The number of fused-ring (bicyclic) bond motifs is 7. The quantitative estimate of drug-likeness (QED) is 0.188. The molecule has 0 atom stereocenters. The lowest BCUT2D eigenvalue weighted by molar-refractivity contribution is 1.62. The first-order valence-corrected chi connectivity index (χ1v) is 15.6. The monoisotopic (exact) mass is 562 g/mol. The standard InChI is InChI=1S/C42H26S/c1-2-9-27(10-3-1)38-25-28-11-4-5-12-29(28)26-39(38)33-20-22-35-31(24-33)18-17-30-23-32(19-21-34(30)35)36-14-8-16-41-42(36)37-13-6-7-15-40(37)43-41/h1-26H. The summed E-state index contributed by atoms with van der Waals surface area (Å²) in [6.45, 7) is 0. The van der Waals surface area contributed by atoms with Gasteiger partial charge in [-0.05, 0) is 102 Å². The van der Waals surface area contributed by atoms with Crippen LogP contribution < -0.4 is 0 Å². The molecule has 9 rings (SSSR count). The summed E-state index contributed by atoms with van der Waals surface area (Å²) >= 11 is 1.88. The van der Waals surface area contributed by atoms with Gasteiger partial charge in [-0.1, -0.05) is 121 Å². The SMILES string of the molecule is c1ccc(-c2cc3ccccc3cc2-c2ccc3c(ccc4cc(-c5cccc6sc7ccccc7c56)ccc43)c2)cc1. The zero-order valence-electron chi connectivity index (χ0n) is 23.4. The van der Waals surface area contributed by atoms with Crippen molar-refractivity contribution in [1.82, 2.24) is 0 Å². The zero-order chi connectivity index (χ0) is 28.3. The van der Waals surface area contributed by atoms with Crippen LogP contribution in [-0.2, 0) is 0 Å². The van der Waals surface area contributed by atoms with E-state index < -0.39 is 0 Å². The van der Waals surface area contributed by atoms with E-state index in [1.807, 2.05) is 11.3 Å². The Bertz CT molecular complexity index is 2500. The molecule has 43 heavy (non-hydrogen) atoms. The molecular weight excluding hydrogens is 537 g/mol. The summed E-state index contributed by atoms with van der Waals surface area (Å²) in [4.78, 5) is 0. The molecule has 0 N–H and O–H groups in total. The van der Waals surface area contributed by atoms with Gasteiger partial charge in [-0.2, -0.15) is 0 Å². The van der Waals surface area contributed by atoms with E-state index in [1.165, 1.54) is 85.9 Å². The van der Waals surface area contributed by atoms with Gasteiger partial charge < -0.3 is 0 Å². The Labute approximate surface area is 254 Å². The summed E-state index contributed by atoms with van der Waals surface area (Å²) < 4.78 is 2.68.